The predicted molar refractivity (Wildman–Crippen MR) is 412 cm³/mol. The van der Waals surface area contributed by atoms with Gasteiger partial charge in [-0.05, 0) is 179 Å². The molecule has 3 saturated carbocycles. The summed E-state index contributed by atoms with van der Waals surface area (Å²) in [5.41, 5.74) is 11.6. The molecule has 2 amide bonds. The molecule has 3 spiro atoms. The summed E-state index contributed by atoms with van der Waals surface area (Å²) in [6.07, 6.45) is 38.2. The van der Waals surface area contributed by atoms with Gasteiger partial charge in [0.05, 0.1) is 9.79 Å². The molecule has 3 aliphatic heterocycles. The van der Waals surface area contributed by atoms with Crippen molar-refractivity contribution in [1.29, 1.82) is 0 Å². The van der Waals surface area contributed by atoms with Gasteiger partial charge in [-0.15, -0.1) is 6.20 Å². The zero-order valence-corrected chi connectivity index (χ0v) is 68.8. The van der Waals surface area contributed by atoms with E-state index in [1.165, 1.54) is 19.3 Å². The third-order valence-electron chi connectivity index (χ3n) is 21.0. The minimum Gasteiger partial charge on any atom is -0.813 e. The van der Waals surface area contributed by atoms with Gasteiger partial charge in [-0.3, -0.25) is 18.8 Å². The number of carbonyl (C=O) groups is 2. The van der Waals surface area contributed by atoms with Crippen LogP contribution in [-0.4, -0.2) is 139 Å². The Morgan fingerprint density at radius 1 is 0.524 bits per heavy atom. The molecule has 6 fully saturated rings. The van der Waals surface area contributed by atoms with Gasteiger partial charge in [-0.1, -0.05) is 93.5 Å². The molecular weight excluding hydrogens is 1500 g/mol. The molecule has 9 aromatic heterocycles. The van der Waals surface area contributed by atoms with Crippen molar-refractivity contribution in [2.75, 3.05) is 54.0 Å². The van der Waals surface area contributed by atoms with Gasteiger partial charge in [0.2, 0.25) is 17.8 Å². The Kier molecular flexibility index (Phi) is 26.6. The molecule has 0 unspecified atom stereocenters. The summed E-state index contributed by atoms with van der Waals surface area (Å²) >= 11 is 24.6. The van der Waals surface area contributed by atoms with Crippen molar-refractivity contribution in [2.45, 2.75) is 208 Å². The largest absolute Gasteiger partial charge is 1.00 e. The molecule has 12 heterocycles. The third kappa shape index (κ3) is 18.6. The normalized spacial score (nSPS) is 19.6. The van der Waals surface area contributed by atoms with Gasteiger partial charge in [0.15, 0.2) is 11.3 Å². The number of piperidine rings is 3. The van der Waals surface area contributed by atoms with Gasteiger partial charge in [-0.25, -0.2) is 44.5 Å². The quantitative estimate of drug-likeness (QED) is 0.0400. The summed E-state index contributed by atoms with van der Waals surface area (Å²) in [5, 5.41) is 7.95. The summed E-state index contributed by atoms with van der Waals surface area (Å²) in [4.78, 5) is 75.8. The number of fused-ring (bicyclic) bond motifs is 3. The molecule has 6 aliphatic rings. The van der Waals surface area contributed by atoms with Gasteiger partial charge in [0.1, 0.15) is 26.7 Å². The van der Waals surface area contributed by atoms with E-state index in [2.05, 4.69) is 91.0 Å². The van der Waals surface area contributed by atoms with Crippen molar-refractivity contribution in [3.8, 4) is 0 Å². The Labute approximate surface area is 665 Å². The number of nitrogens with zero attached hydrogens (tertiary/aromatic N) is 15. The zero-order chi connectivity index (χ0) is 71.4. The summed E-state index contributed by atoms with van der Waals surface area (Å²) in [6.45, 7) is 22.9. The van der Waals surface area contributed by atoms with Crippen molar-refractivity contribution in [3.05, 3.63) is 135 Å². The fourth-order valence-electron chi connectivity index (χ4n) is 15.4. The molecule has 22 nitrogen and oxygen atoms in total. The molecule has 3 aliphatic carbocycles. The van der Waals surface area contributed by atoms with Crippen LogP contribution in [0.3, 0.4) is 0 Å². The van der Waals surface area contributed by atoms with E-state index in [4.69, 9.17) is 60.0 Å². The van der Waals surface area contributed by atoms with Crippen LogP contribution in [0.15, 0.2) is 117 Å². The second-order valence-electron chi connectivity index (χ2n) is 29.5. The monoisotopic (exact) mass is 1590 g/mol. The van der Waals surface area contributed by atoms with Gasteiger partial charge < -0.3 is 64.5 Å². The average molecular weight is 1590 g/mol. The number of hydrogen-bond acceptors (Lipinski definition) is 20. The minimum atomic E-state index is -0.492. The summed E-state index contributed by atoms with van der Waals surface area (Å²) in [5.74, 6) is 2.79. The van der Waals surface area contributed by atoms with E-state index in [9.17, 15) is 9.59 Å². The van der Waals surface area contributed by atoms with Crippen molar-refractivity contribution >= 4 is 135 Å². The van der Waals surface area contributed by atoms with E-state index in [1.807, 2.05) is 128 Å². The van der Waals surface area contributed by atoms with Crippen LogP contribution in [0.25, 0.3) is 16.9 Å². The molecule has 15 rings (SSSR count). The second-order valence-corrected chi connectivity index (χ2v) is 33.6. The van der Waals surface area contributed by atoms with Crippen molar-refractivity contribution in [1.82, 2.24) is 68.7 Å². The molecule has 0 radical (unpaired) electrons. The number of rotatable bonds is 9. The molecule has 3 atom stereocenters. The first-order chi connectivity index (χ1) is 48.3. The van der Waals surface area contributed by atoms with E-state index >= 15 is 0 Å². The van der Waals surface area contributed by atoms with Gasteiger partial charge in [-0.2, -0.15) is 0 Å². The van der Waals surface area contributed by atoms with Gasteiger partial charge in [0, 0.05) is 157 Å². The fourth-order valence-corrected chi connectivity index (χ4v) is 18.3. The van der Waals surface area contributed by atoms with E-state index in [0.717, 1.165) is 192 Å². The maximum absolute atomic E-state index is 12.5. The van der Waals surface area contributed by atoms with Crippen molar-refractivity contribution in [3.63, 3.8) is 0 Å². The Morgan fingerprint density at radius 3 is 1.33 bits per heavy atom. The number of carbonyl (C=O) groups excluding carboxylic acids is 2. The average Bonchev–Trinajstić information content (AvgIpc) is 1.72. The minimum absolute atomic E-state index is 0. The molecule has 0 aromatic carbocycles. The number of anilines is 3. The van der Waals surface area contributed by atoms with Crippen LogP contribution in [-0.2, 0) is 23.0 Å². The van der Waals surface area contributed by atoms with Crippen molar-refractivity contribution < 1.29 is 48.6 Å². The van der Waals surface area contributed by atoms with Crippen LogP contribution in [0, 0.1) is 43.1 Å². The van der Waals surface area contributed by atoms with Crippen LogP contribution in [0.2, 0.25) is 15.5 Å². The van der Waals surface area contributed by atoms with E-state index < -0.39 is 11.2 Å². The van der Waals surface area contributed by atoms with Crippen LogP contribution < -0.4 is 60.6 Å². The molecule has 103 heavy (non-hydrogen) atoms. The number of hydrogen-bond donors (Lipinski definition) is 3. The standard InChI is InChI=1S/C26H33ClN6O2S.C21H25ClN6S.C20H28N5O2.C6H5BrClN.Na.H2S/c1-17-18(7-11-28-21(17)27)36-19-16-30-23(33-15-12-29-22(19)33)32-13-9-26(10-14-32)8-5-6-20(26)31-24(34)35-25(2,3)4;1-14-15(4-8-24-18(14)22)29-16-13-26-20(28-12-9-25-19(16)28)27-10-6-21(7-11-27)5-2-3-17(21)23;1-19(2,3)27-18(26)23-15-5-4-7-20(15)8-12-24(13-9-20)17-22-10-6-16-21-11-14-25(16)17;1-4-5(7)2-3-9-6(4)8;;/h7,11-12,15-16,20H,5-6,8-10,13-14H2,1-4H3,(H,31,34);4,8-9,12-13,17H,2-3,5-7,10-11,23H2,1H3;10-11,14-15H,4-5,7-9,12-13H2,1-3H3,(H,23,26);2-3H,1H3;;1H2/q;;-1;;+1;/p-1/t20-;17-;15-;;;/m111.../s1. The maximum Gasteiger partial charge on any atom is 1.00 e. The maximum atomic E-state index is 12.5. The smallest absolute Gasteiger partial charge is 0.813 e. The summed E-state index contributed by atoms with van der Waals surface area (Å²) in [6, 6.07) is 9.58. The summed E-state index contributed by atoms with van der Waals surface area (Å²) < 4.78 is 18.2. The zero-order valence-electron chi connectivity index (χ0n) is 60.4. The Bertz CT molecular complexity index is 4380. The van der Waals surface area contributed by atoms with E-state index in [0.29, 0.717) is 26.9 Å². The van der Waals surface area contributed by atoms with Gasteiger partial charge in [0.25, 0.3) is 0 Å². The van der Waals surface area contributed by atoms with Crippen LogP contribution in [0.1, 0.15) is 155 Å². The second kappa shape index (κ2) is 34.2. The van der Waals surface area contributed by atoms with Crippen LogP contribution in [0.4, 0.5) is 27.4 Å². The third-order valence-corrected chi connectivity index (χ3v) is 25.3. The topological polar surface area (TPSA) is 242 Å². The molecule has 0 bridgehead atoms. The number of amides is 2. The van der Waals surface area contributed by atoms with Crippen molar-refractivity contribution in [2.24, 2.45) is 22.0 Å². The Hall–Kier alpha value is -5.39. The van der Waals surface area contributed by atoms with Crippen LogP contribution in [0.5, 0.6) is 0 Å². The SMILES string of the molecule is CC(C)(C)OC(=O)N[C@@H]1CCCC12CCN(c1nc[c-]c3nccn13)CC2.Cc1c(Br)ccnc1Cl.Cc1c(Sc2cnc(N3CCC4(CCC[C@H]4N)CC3)n3ccnc23)ccnc1Cl.Cc1c(Sc2cnc(N3CCC4(CCC[C@H]4NC(=O)OC(C)(C)C)CC3)n3ccnc23)ccnc1Cl.[Na+].[SH-]. The number of imidazole rings is 3. The molecule has 30 heteroatoms. The first kappa shape index (κ1) is 80.2. The van der Waals surface area contributed by atoms with Gasteiger partial charge >= 0.3 is 41.7 Å². The van der Waals surface area contributed by atoms with E-state index in [-0.39, 0.29) is 78.2 Å². The first-order valence-corrected chi connectivity index (χ1v) is 38.5. The molecule has 4 N–H and O–H groups in total. The Morgan fingerprint density at radius 2 is 0.913 bits per heavy atom. The molecule has 546 valence electrons. The molecular formula is C73H92BrCl3N18NaO4S3-. The number of nitrogens with two attached hydrogens (primary N) is 1. The number of thiol groups is 1. The van der Waals surface area contributed by atoms with Crippen LogP contribution >= 0.6 is 74.3 Å². The number of aromatic nitrogens is 12. The number of nitrogens with one attached hydrogen (secondary N) is 2. The number of halogens is 4. The fraction of sp³-hybridized carbons (Fsp3) is 0.521. The number of ether oxygens (including phenoxy) is 2. The number of pyridine rings is 3. The molecule has 9 aromatic rings. The Balaban J connectivity index is 0.000000156. The summed E-state index contributed by atoms with van der Waals surface area (Å²) in [7, 11) is 0. The first-order valence-electron chi connectivity index (χ1n) is 35.0. The van der Waals surface area contributed by atoms with E-state index in [1.54, 1.807) is 54.5 Å². The number of alkyl carbamates (subject to hydrolysis) is 2. The molecule has 3 saturated heterocycles. The predicted octanol–water partition coefficient (Wildman–Crippen LogP) is 13.0.